The number of hydrazone groups is 1. The van der Waals surface area contributed by atoms with Crippen LogP contribution in [-0.2, 0) is 11.2 Å². The Morgan fingerprint density at radius 2 is 2.17 bits per heavy atom. The first-order chi connectivity index (χ1) is 11.2. The summed E-state index contributed by atoms with van der Waals surface area (Å²) in [5.74, 6) is 0.592. The molecule has 1 N–H and O–H groups in total. The average molecular weight is 328 g/mol. The fourth-order valence-electron chi connectivity index (χ4n) is 2.11. The van der Waals surface area contributed by atoms with Crippen LogP contribution in [0.5, 0.6) is 5.75 Å². The lowest BCUT2D eigenvalue weighted by Crippen LogP contribution is -2.21. The summed E-state index contributed by atoms with van der Waals surface area (Å²) >= 11 is 1.54. The van der Waals surface area contributed by atoms with E-state index < -0.39 is 0 Å². The van der Waals surface area contributed by atoms with Crippen LogP contribution < -0.4 is 10.2 Å². The number of amides is 1. The van der Waals surface area contributed by atoms with Crippen molar-refractivity contribution in [3.63, 3.8) is 0 Å². The molecular formula is C16H16N4O2S. The van der Waals surface area contributed by atoms with E-state index in [-0.39, 0.29) is 12.3 Å². The molecule has 23 heavy (non-hydrogen) atoms. The minimum atomic E-state index is -0.191. The van der Waals surface area contributed by atoms with Crippen molar-refractivity contribution in [2.24, 2.45) is 5.10 Å². The first-order valence-electron chi connectivity index (χ1n) is 7.04. The second-order valence-electron chi connectivity index (χ2n) is 4.96. The molecule has 3 aromatic rings. The molecule has 0 aliphatic rings. The molecular weight excluding hydrogens is 312 g/mol. The van der Waals surface area contributed by atoms with Gasteiger partial charge in [-0.15, -0.1) is 11.3 Å². The van der Waals surface area contributed by atoms with Gasteiger partial charge in [-0.25, -0.2) is 10.4 Å². The zero-order valence-electron chi connectivity index (χ0n) is 12.8. The van der Waals surface area contributed by atoms with Crippen molar-refractivity contribution in [1.29, 1.82) is 0 Å². The second kappa shape index (κ2) is 6.62. The molecule has 2 heterocycles. The van der Waals surface area contributed by atoms with Gasteiger partial charge in [0.2, 0.25) is 5.91 Å². The van der Waals surface area contributed by atoms with Gasteiger partial charge in [0, 0.05) is 17.8 Å². The van der Waals surface area contributed by atoms with Gasteiger partial charge < -0.3 is 4.74 Å². The summed E-state index contributed by atoms with van der Waals surface area (Å²) in [4.78, 5) is 17.2. The molecule has 0 aliphatic carbocycles. The normalized spacial score (nSPS) is 11.7. The lowest BCUT2D eigenvalue weighted by Gasteiger charge is -2.04. The van der Waals surface area contributed by atoms with Crippen LogP contribution in [0.25, 0.3) is 4.96 Å². The number of fused-ring (bicyclic) bond motifs is 1. The molecule has 0 aliphatic heterocycles. The van der Waals surface area contributed by atoms with Crippen molar-refractivity contribution in [3.8, 4) is 5.75 Å². The van der Waals surface area contributed by atoms with Crippen molar-refractivity contribution < 1.29 is 9.53 Å². The van der Waals surface area contributed by atoms with Crippen LogP contribution in [0.1, 0.15) is 18.2 Å². The summed E-state index contributed by atoms with van der Waals surface area (Å²) in [6, 6.07) is 7.50. The fraction of sp³-hybridized carbons (Fsp3) is 0.188. The van der Waals surface area contributed by atoms with Crippen molar-refractivity contribution in [2.75, 3.05) is 7.11 Å². The number of ether oxygens (including phenoxy) is 1. The lowest BCUT2D eigenvalue weighted by atomic mass is 10.1. The molecule has 118 valence electrons. The van der Waals surface area contributed by atoms with Gasteiger partial charge in [0.1, 0.15) is 5.75 Å². The molecule has 0 unspecified atom stereocenters. The van der Waals surface area contributed by atoms with Crippen molar-refractivity contribution in [2.45, 2.75) is 13.3 Å². The van der Waals surface area contributed by atoms with Crippen LogP contribution in [0.2, 0.25) is 0 Å². The molecule has 6 nitrogen and oxygen atoms in total. The van der Waals surface area contributed by atoms with Crippen LogP contribution in [0.4, 0.5) is 0 Å². The molecule has 0 bridgehead atoms. The highest BCUT2D eigenvalue weighted by Crippen LogP contribution is 2.12. The monoisotopic (exact) mass is 328 g/mol. The molecule has 0 spiro atoms. The van der Waals surface area contributed by atoms with Gasteiger partial charge in [0.25, 0.3) is 0 Å². The SMILES string of the molecule is COc1ccc(/C(C)=N/NC(=O)Cc2cn3ccsc3n2)cc1. The third kappa shape index (κ3) is 3.57. The van der Waals surface area contributed by atoms with Gasteiger partial charge in [-0.05, 0) is 36.8 Å². The van der Waals surface area contributed by atoms with Crippen molar-refractivity contribution in [1.82, 2.24) is 14.8 Å². The Morgan fingerprint density at radius 1 is 1.39 bits per heavy atom. The summed E-state index contributed by atoms with van der Waals surface area (Å²) < 4.78 is 7.02. The van der Waals surface area contributed by atoms with Gasteiger partial charge in [-0.3, -0.25) is 9.20 Å². The van der Waals surface area contributed by atoms with E-state index in [1.165, 1.54) is 11.3 Å². The Morgan fingerprint density at radius 3 is 2.87 bits per heavy atom. The Labute approximate surface area is 137 Å². The first kappa shape index (κ1) is 15.2. The second-order valence-corrected chi connectivity index (χ2v) is 5.84. The number of carbonyl (C=O) groups is 1. The maximum absolute atomic E-state index is 12.0. The Bertz CT molecular complexity index is 820. The minimum absolute atomic E-state index is 0.191. The fourth-order valence-corrected chi connectivity index (χ4v) is 2.83. The highest BCUT2D eigenvalue weighted by Gasteiger charge is 2.08. The Balaban J connectivity index is 1.61. The highest BCUT2D eigenvalue weighted by molar-refractivity contribution is 7.15. The molecule has 0 saturated carbocycles. The Hall–Kier alpha value is -2.67. The van der Waals surface area contributed by atoms with E-state index in [1.54, 1.807) is 7.11 Å². The summed E-state index contributed by atoms with van der Waals surface area (Å²) in [5.41, 5.74) is 4.95. The average Bonchev–Trinajstić information content (AvgIpc) is 3.14. The number of carbonyl (C=O) groups excluding carboxylic acids is 1. The summed E-state index contributed by atoms with van der Waals surface area (Å²) in [7, 11) is 1.62. The van der Waals surface area contributed by atoms with Gasteiger partial charge in [-0.2, -0.15) is 5.10 Å². The molecule has 0 fully saturated rings. The molecule has 1 aromatic carbocycles. The van der Waals surface area contributed by atoms with Crippen LogP contribution >= 0.6 is 11.3 Å². The number of rotatable bonds is 5. The van der Waals surface area contributed by atoms with E-state index in [9.17, 15) is 4.79 Å². The smallest absolute Gasteiger partial charge is 0.246 e. The number of thiazole rings is 1. The lowest BCUT2D eigenvalue weighted by molar-refractivity contribution is -0.120. The number of benzene rings is 1. The van der Waals surface area contributed by atoms with E-state index in [1.807, 2.05) is 53.4 Å². The van der Waals surface area contributed by atoms with E-state index in [4.69, 9.17) is 4.74 Å². The number of methoxy groups -OCH3 is 1. The predicted molar refractivity (Wildman–Crippen MR) is 90.1 cm³/mol. The van der Waals surface area contributed by atoms with Crippen LogP contribution in [0, 0.1) is 0 Å². The summed E-state index contributed by atoms with van der Waals surface area (Å²) in [5, 5.41) is 6.08. The third-order valence-corrected chi connectivity index (χ3v) is 4.11. The van der Waals surface area contributed by atoms with E-state index in [0.29, 0.717) is 0 Å². The highest BCUT2D eigenvalue weighted by atomic mass is 32.1. The maximum atomic E-state index is 12.0. The number of nitrogens with zero attached hydrogens (tertiary/aromatic N) is 3. The van der Waals surface area contributed by atoms with E-state index in [0.717, 1.165) is 27.7 Å². The van der Waals surface area contributed by atoms with Crippen molar-refractivity contribution in [3.05, 3.63) is 53.3 Å². The zero-order chi connectivity index (χ0) is 16.2. The Kier molecular flexibility index (Phi) is 4.38. The molecule has 3 rings (SSSR count). The molecule has 2 aromatic heterocycles. The molecule has 0 atom stereocenters. The molecule has 0 saturated heterocycles. The molecule has 0 radical (unpaired) electrons. The van der Waals surface area contributed by atoms with Gasteiger partial charge in [-0.1, -0.05) is 0 Å². The zero-order valence-corrected chi connectivity index (χ0v) is 13.6. The number of aromatic nitrogens is 2. The predicted octanol–water partition coefficient (Wildman–Crippen LogP) is 2.49. The number of hydrogen-bond donors (Lipinski definition) is 1. The number of imidazole rings is 1. The van der Waals surface area contributed by atoms with Crippen LogP contribution in [0.3, 0.4) is 0 Å². The largest absolute Gasteiger partial charge is 0.497 e. The van der Waals surface area contributed by atoms with Gasteiger partial charge >= 0.3 is 0 Å². The minimum Gasteiger partial charge on any atom is -0.497 e. The topological polar surface area (TPSA) is 68.0 Å². The number of hydrogen-bond acceptors (Lipinski definition) is 5. The van der Waals surface area contributed by atoms with E-state index in [2.05, 4.69) is 15.5 Å². The quantitative estimate of drug-likeness (QED) is 0.578. The van der Waals surface area contributed by atoms with Crippen LogP contribution in [0.15, 0.2) is 47.1 Å². The van der Waals surface area contributed by atoms with Gasteiger partial charge in [0.15, 0.2) is 4.96 Å². The third-order valence-electron chi connectivity index (χ3n) is 3.34. The summed E-state index contributed by atoms with van der Waals surface area (Å²) in [6.45, 7) is 1.84. The maximum Gasteiger partial charge on any atom is 0.246 e. The van der Waals surface area contributed by atoms with Gasteiger partial charge in [0.05, 0.1) is 24.9 Å². The molecule has 1 amide bonds. The van der Waals surface area contributed by atoms with E-state index >= 15 is 0 Å². The summed E-state index contributed by atoms with van der Waals surface area (Å²) in [6.07, 6.45) is 3.97. The number of nitrogens with one attached hydrogen (secondary N) is 1. The standard InChI is InChI=1S/C16H16N4O2S/c1-11(12-3-5-14(22-2)6-4-12)18-19-15(21)9-13-10-20-7-8-23-16(20)17-13/h3-8,10H,9H2,1-2H3,(H,19,21)/b18-11+. The first-order valence-corrected chi connectivity index (χ1v) is 7.92. The van der Waals surface area contributed by atoms with Crippen molar-refractivity contribution >= 4 is 27.9 Å². The van der Waals surface area contributed by atoms with Crippen LogP contribution in [-0.4, -0.2) is 28.1 Å². The molecule has 7 heteroatoms.